The van der Waals surface area contributed by atoms with Crippen LogP contribution in [-0.4, -0.2) is 14.2 Å². The van der Waals surface area contributed by atoms with Crippen molar-refractivity contribution < 1.29 is 13.9 Å². The fourth-order valence-corrected chi connectivity index (χ4v) is 3.04. The average molecular weight is 308 g/mol. The van der Waals surface area contributed by atoms with E-state index < -0.39 is 0 Å². The van der Waals surface area contributed by atoms with Gasteiger partial charge in [0, 0.05) is 18.1 Å². The van der Waals surface area contributed by atoms with E-state index in [9.17, 15) is 0 Å². The lowest BCUT2D eigenvalue weighted by atomic mass is 9.93. The molecule has 1 aromatic carbocycles. The molecule has 1 heterocycles. The number of benzene rings is 1. The zero-order valence-corrected chi connectivity index (χ0v) is 12.9. The number of nitrogens with one attached hydrogen (secondary N) is 1. The summed E-state index contributed by atoms with van der Waals surface area (Å²) < 4.78 is 16.2. The molecule has 0 saturated carbocycles. The van der Waals surface area contributed by atoms with Crippen LogP contribution in [0.2, 0.25) is 5.02 Å². The van der Waals surface area contributed by atoms with Crippen molar-refractivity contribution in [1.82, 2.24) is 0 Å². The first-order valence-electron chi connectivity index (χ1n) is 6.97. The van der Waals surface area contributed by atoms with Gasteiger partial charge in [0.25, 0.3) is 0 Å². The second-order valence-corrected chi connectivity index (χ2v) is 5.48. The van der Waals surface area contributed by atoms with Gasteiger partial charge in [0.2, 0.25) is 0 Å². The van der Waals surface area contributed by atoms with E-state index in [0.29, 0.717) is 16.5 Å². The zero-order chi connectivity index (χ0) is 14.8. The molecule has 1 aliphatic rings. The highest BCUT2D eigenvalue weighted by Crippen LogP contribution is 2.40. The Labute approximate surface area is 129 Å². The molecular weight excluding hydrogens is 290 g/mol. The summed E-state index contributed by atoms with van der Waals surface area (Å²) in [4.78, 5) is 0. The predicted octanol–water partition coefficient (Wildman–Crippen LogP) is 4.44. The number of aryl methyl sites for hydroxylation is 1. The molecule has 0 fully saturated rings. The van der Waals surface area contributed by atoms with Crippen molar-refractivity contribution in [3.8, 4) is 11.5 Å². The lowest BCUT2D eigenvalue weighted by molar-refractivity contribution is 0.395. The molecule has 1 atom stereocenters. The van der Waals surface area contributed by atoms with Gasteiger partial charge in [0.15, 0.2) is 0 Å². The highest BCUT2D eigenvalue weighted by Gasteiger charge is 2.23. The summed E-state index contributed by atoms with van der Waals surface area (Å²) in [6.45, 7) is 0. The van der Waals surface area contributed by atoms with Gasteiger partial charge in [-0.05, 0) is 25.0 Å². The van der Waals surface area contributed by atoms with Crippen molar-refractivity contribution in [1.29, 1.82) is 0 Å². The Balaban J connectivity index is 1.91. The van der Waals surface area contributed by atoms with Gasteiger partial charge in [-0.2, -0.15) is 0 Å². The molecule has 2 aromatic rings. The number of methoxy groups -OCH3 is 2. The van der Waals surface area contributed by atoms with Crippen LogP contribution < -0.4 is 14.8 Å². The van der Waals surface area contributed by atoms with Crippen molar-refractivity contribution in [3.05, 3.63) is 40.8 Å². The van der Waals surface area contributed by atoms with E-state index in [-0.39, 0.29) is 6.04 Å². The number of anilines is 1. The number of rotatable bonds is 4. The maximum Gasteiger partial charge on any atom is 0.145 e. The van der Waals surface area contributed by atoms with Gasteiger partial charge in [0.1, 0.15) is 17.3 Å². The van der Waals surface area contributed by atoms with E-state index in [1.165, 1.54) is 5.56 Å². The first kappa shape index (κ1) is 14.1. The van der Waals surface area contributed by atoms with Gasteiger partial charge < -0.3 is 19.2 Å². The number of fused-ring (bicyclic) bond motifs is 1. The summed E-state index contributed by atoms with van der Waals surface area (Å²) in [6.07, 6.45) is 4.91. The molecular formula is C16H18ClNO3. The van der Waals surface area contributed by atoms with Crippen LogP contribution in [-0.2, 0) is 6.42 Å². The summed E-state index contributed by atoms with van der Waals surface area (Å²) >= 11 is 6.22. The number of furan rings is 1. The Kier molecular flexibility index (Phi) is 3.97. The Morgan fingerprint density at radius 3 is 2.81 bits per heavy atom. The van der Waals surface area contributed by atoms with Crippen molar-refractivity contribution in [2.75, 3.05) is 19.5 Å². The second kappa shape index (κ2) is 5.90. The first-order chi connectivity index (χ1) is 10.2. The molecule has 21 heavy (non-hydrogen) atoms. The molecule has 0 bridgehead atoms. The maximum absolute atomic E-state index is 6.22. The summed E-state index contributed by atoms with van der Waals surface area (Å²) in [7, 11) is 3.23. The van der Waals surface area contributed by atoms with Crippen LogP contribution in [0.25, 0.3) is 0 Å². The number of halogens is 1. The molecule has 5 heteroatoms. The largest absolute Gasteiger partial charge is 0.495 e. The van der Waals surface area contributed by atoms with E-state index in [2.05, 4.69) is 5.32 Å². The summed E-state index contributed by atoms with van der Waals surface area (Å²) in [5.74, 6) is 2.39. The van der Waals surface area contributed by atoms with Gasteiger partial charge in [0.05, 0.1) is 37.2 Å². The van der Waals surface area contributed by atoms with Crippen LogP contribution in [0.4, 0.5) is 5.69 Å². The van der Waals surface area contributed by atoms with E-state index in [4.69, 9.17) is 25.5 Å². The quantitative estimate of drug-likeness (QED) is 0.907. The molecule has 1 aromatic heterocycles. The Morgan fingerprint density at radius 2 is 2.05 bits per heavy atom. The summed E-state index contributed by atoms with van der Waals surface area (Å²) in [6, 6.07) is 5.88. The van der Waals surface area contributed by atoms with Gasteiger partial charge >= 0.3 is 0 Å². The molecule has 0 radical (unpaired) electrons. The van der Waals surface area contributed by atoms with Crippen LogP contribution in [0.1, 0.15) is 30.2 Å². The lowest BCUT2D eigenvalue weighted by Gasteiger charge is -2.25. The number of hydrogen-bond acceptors (Lipinski definition) is 4. The van der Waals surface area contributed by atoms with E-state index >= 15 is 0 Å². The Bertz CT molecular complexity index is 638. The standard InChI is InChI=1S/C16H18ClNO3/c1-19-15-9-16(20-2)13(8-11(15)17)18-12-4-3-5-14-10(12)6-7-21-14/h6-9,12,18H,3-5H2,1-2H3. The Hall–Kier alpha value is -1.81. The van der Waals surface area contributed by atoms with Crippen LogP contribution >= 0.6 is 11.6 Å². The fraction of sp³-hybridized carbons (Fsp3) is 0.375. The zero-order valence-electron chi connectivity index (χ0n) is 12.1. The monoisotopic (exact) mass is 307 g/mol. The molecule has 1 unspecified atom stereocenters. The highest BCUT2D eigenvalue weighted by molar-refractivity contribution is 6.32. The molecule has 0 spiro atoms. The van der Waals surface area contributed by atoms with Crippen LogP contribution in [0.15, 0.2) is 28.9 Å². The van der Waals surface area contributed by atoms with E-state index in [1.807, 2.05) is 12.1 Å². The normalized spacial score (nSPS) is 17.2. The third-order valence-electron chi connectivity index (χ3n) is 3.86. The van der Waals surface area contributed by atoms with E-state index in [0.717, 1.165) is 30.7 Å². The molecule has 4 nitrogen and oxygen atoms in total. The number of ether oxygens (including phenoxy) is 2. The summed E-state index contributed by atoms with van der Waals surface area (Å²) in [5, 5.41) is 4.07. The predicted molar refractivity (Wildman–Crippen MR) is 82.6 cm³/mol. The molecule has 0 aliphatic heterocycles. The van der Waals surface area contributed by atoms with Crippen LogP contribution in [0.3, 0.4) is 0 Å². The molecule has 0 amide bonds. The molecule has 1 N–H and O–H groups in total. The SMILES string of the molecule is COc1cc(OC)c(NC2CCCc3occc32)cc1Cl. The van der Waals surface area contributed by atoms with Crippen LogP contribution in [0.5, 0.6) is 11.5 Å². The van der Waals surface area contributed by atoms with E-state index in [1.54, 1.807) is 26.5 Å². The third-order valence-corrected chi connectivity index (χ3v) is 4.15. The highest BCUT2D eigenvalue weighted by atomic mass is 35.5. The molecule has 0 saturated heterocycles. The third kappa shape index (κ3) is 2.68. The minimum absolute atomic E-state index is 0.214. The fourth-order valence-electron chi connectivity index (χ4n) is 2.80. The number of hydrogen-bond donors (Lipinski definition) is 1. The van der Waals surface area contributed by atoms with Crippen molar-refractivity contribution in [3.63, 3.8) is 0 Å². The maximum atomic E-state index is 6.22. The van der Waals surface area contributed by atoms with Gasteiger partial charge in [-0.1, -0.05) is 11.6 Å². The Morgan fingerprint density at radius 1 is 1.24 bits per heavy atom. The summed E-state index contributed by atoms with van der Waals surface area (Å²) in [5.41, 5.74) is 2.08. The van der Waals surface area contributed by atoms with Gasteiger partial charge in [-0.3, -0.25) is 0 Å². The first-order valence-corrected chi connectivity index (χ1v) is 7.35. The van der Waals surface area contributed by atoms with Gasteiger partial charge in [-0.25, -0.2) is 0 Å². The smallest absolute Gasteiger partial charge is 0.145 e. The average Bonchev–Trinajstić information content (AvgIpc) is 2.97. The molecule has 112 valence electrons. The minimum atomic E-state index is 0.214. The lowest BCUT2D eigenvalue weighted by Crippen LogP contribution is -2.16. The van der Waals surface area contributed by atoms with Crippen LogP contribution in [0, 0.1) is 0 Å². The molecule has 3 rings (SSSR count). The van der Waals surface area contributed by atoms with Crippen molar-refractivity contribution in [2.45, 2.75) is 25.3 Å². The van der Waals surface area contributed by atoms with Crippen molar-refractivity contribution >= 4 is 17.3 Å². The topological polar surface area (TPSA) is 43.6 Å². The minimum Gasteiger partial charge on any atom is -0.495 e. The van der Waals surface area contributed by atoms with Gasteiger partial charge in [-0.15, -0.1) is 0 Å². The molecule has 1 aliphatic carbocycles. The van der Waals surface area contributed by atoms with Crippen molar-refractivity contribution in [2.24, 2.45) is 0 Å². The second-order valence-electron chi connectivity index (χ2n) is 5.08.